The second kappa shape index (κ2) is 9.07. The Kier molecular flexibility index (Phi) is 5.79. The van der Waals surface area contributed by atoms with Crippen LogP contribution in [-0.2, 0) is 23.4 Å². The minimum Gasteiger partial charge on any atom is -0.337 e. The Morgan fingerprint density at radius 2 is 1.80 bits per heavy atom. The van der Waals surface area contributed by atoms with Gasteiger partial charge in [-0.1, -0.05) is 54.6 Å². The number of amides is 3. The lowest BCUT2D eigenvalue weighted by molar-refractivity contribution is -0.133. The zero-order valence-corrected chi connectivity index (χ0v) is 19.5. The van der Waals surface area contributed by atoms with E-state index in [1.165, 1.54) is 4.90 Å². The highest BCUT2D eigenvalue weighted by atomic mass is 16.2. The predicted molar refractivity (Wildman–Crippen MR) is 132 cm³/mol. The number of rotatable bonds is 7. The van der Waals surface area contributed by atoms with E-state index < -0.39 is 5.54 Å². The number of hydrogen-bond acceptors (Lipinski definition) is 4. The molecule has 1 saturated heterocycles. The van der Waals surface area contributed by atoms with Crippen LogP contribution >= 0.6 is 0 Å². The van der Waals surface area contributed by atoms with E-state index in [-0.39, 0.29) is 18.5 Å². The van der Waals surface area contributed by atoms with E-state index in [0.717, 1.165) is 21.9 Å². The van der Waals surface area contributed by atoms with Crippen LogP contribution in [-0.4, -0.2) is 37.8 Å². The Labute approximate surface area is 203 Å². The molecule has 174 valence electrons. The Balaban J connectivity index is 1.54. The molecule has 1 atom stereocenters. The molecule has 0 saturated carbocycles. The van der Waals surface area contributed by atoms with Crippen LogP contribution in [0.25, 0.3) is 10.8 Å². The number of hydrogen-bond donors (Lipinski definition) is 0. The first kappa shape index (κ1) is 22.4. The fraction of sp³-hybridized carbons (Fsp3) is 0.214. The van der Waals surface area contributed by atoms with Gasteiger partial charge in [-0.05, 0) is 47.4 Å². The Hall–Kier alpha value is -4.44. The Morgan fingerprint density at radius 3 is 2.60 bits per heavy atom. The lowest BCUT2D eigenvalue weighted by Crippen LogP contribution is -2.44. The van der Waals surface area contributed by atoms with Gasteiger partial charge in [0.25, 0.3) is 5.91 Å². The number of carbonyl (C=O) groups is 2. The lowest BCUT2D eigenvalue weighted by Gasteiger charge is -2.33. The van der Waals surface area contributed by atoms with E-state index in [4.69, 9.17) is 0 Å². The molecular formula is C28H25N5O2. The fourth-order valence-electron chi connectivity index (χ4n) is 4.89. The molecule has 0 spiro atoms. The second-order valence-corrected chi connectivity index (χ2v) is 8.89. The summed E-state index contributed by atoms with van der Waals surface area (Å²) in [6, 6.07) is 22.8. The zero-order valence-electron chi connectivity index (χ0n) is 19.5. The number of benzene rings is 3. The molecule has 2 heterocycles. The third-order valence-electron chi connectivity index (χ3n) is 6.73. The first-order valence-electron chi connectivity index (χ1n) is 11.6. The summed E-state index contributed by atoms with van der Waals surface area (Å²) in [5.74, 6) is -0.235. The number of imide groups is 1. The van der Waals surface area contributed by atoms with E-state index in [0.29, 0.717) is 25.1 Å². The number of urea groups is 1. The summed E-state index contributed by atoms with van der Waals surface area (Å²) in [5.41, 5.74) is 0.930. The molecule has 7 heteroatoms. The summed E-state index contributed by atoms with van der Waals surface area (Å²) in [5, 5.41) is 11.3. The van der Waals surface area contributed by atoms with Crippen LogP contribution in [0.15, 0.2) is 85.5 Å². The molecule has 3 amide bonds. The van der Waals surface area contributed by atoms with Crippen molar-refractivity contribution in [2.75, 3.05) is 6.54 Å². The highest BCUT2D eigenvalue weighted by Crippen LogP contribution is 2.41. The number of aryl methyl sites for hydroxylation is 1. The average molecular weight is 464 g/mol. The van der Waals surface area contributed by atoms with Crippen LogP contribution in [0, 0.1) is 11.3 Å². The van der Waals surface area contributed by atoms with Crippen molar-refractivity contribution >= 4 is 22.7 Å². The van der Waals surface area contributed by atoms with Crippen LogP contribution in [0.4, 0.5) is 4.79 Å². The van der Waals surface area contributed by atoms with Gasteiger partial charge in [0.05, 0.1) is 18.0 Å². The van der Waals surface area contributed by atoms with Gasteiger partial charge in [-0.15, -0.1) is 0 Å². The van der Waals surface area contributed by atoms with Crippen molar-refractivity contribution < 1.29 is 9.59 Å². The van der Waals surface area contributed by atoms with Crippen molar-refractivity contribution in [1.82, 2.24) is 19.4 Å². The van der Waals surface area contributed by atoms with Gasteiger partial charge in [-0.2, -0.15) is 5.26 Å². The number of nitrogens with zero attached hydrogens (tertiary/aromatic N) is 5. The standard InChI is InChI=1S/C28H25N5O2/c1-28(25-12-5-10-23-9-2-3-11-24(23)25)26(34)32(15-6-14-31-16-13-30-20-31)27(35)33(28)19-22-8-4-7-21(17-22)18-29/h2-5,7-13,16-17,20H,6,14-15,19H2,1H3. The van der Waals surface area contributed by atoms with Crippen molar-refractivity contribution in [3.05, 3.63) is 102 Å². The molecule has 1 aromatic heterocycles. The van der Waals surface area contributed by atoms with Gasteiger partial charge in [0, 0.05) is 32.0 Å². The lowest BCUT2D eigenvalue weighted by atomic mass is 9.86. The van der Waals surface area contributed by atoms with Gasteiger partial charge in [0.2, 0.25) is 0 Å². The van der Waals surface area contributed by atoms with Crippen molar-refractivity contribution in [3.63, 3.8) is 0 Å². The first-order chi connectivity index (χ1) is 17.0. The summed E-state index contributed by atoms with van der Waals surface area (Å²) < 4.78 is 1.93. The minimum atomic E-state index is -1.18. The molecule has 1 fully saturated rings. The number of imidazole rings is 1. The van der Waals surface area contributed by atoms with Gasteiger partial charge in [-0.25, -0.2) is 9.78 Å². The largest absolute Gasteiger partial charge is 0.337 e. The SMILES string of the molecule is CC1(c2cccc3ccccc23)C(=O)N(CCCn2ccnc2)C(=O)N1Cc1cccc(C#N)c1. The topological polar surface area (TPSA) is 82.2 Å². The van der Waals surface area contributed by atoms with Gasteiger partial charge < -0.3 is 9.47 Å². The van der Waals surface area contributed by atoms with Crippen molar-refractivity contribution in [1.29, 1.82) is 5.26 Å². The second-order valence-electron chi connectivity index (χ2n) is 8.89. The van der Waals surface area contributed by atoms with Crippen molar-refractivity contribution in [2.24, 2.45) is 0 Å². The molecule has 1 aliphatic rings. The molecule has 1 aliphatic heterocycles. The third kappa shape index (κ3) is 3.93. The molecule has 7 nitrogen and oxygen atoms in total. The van der Waals surface area contributed by atoms with Crippen molar-refractivity contribution in [2.45, 2.75) is 32.0 Å². The summed E-state index contributed by atoms with van der Waals surface area (Å²) in [7, 11) is 0. The molecule has 3 aromatic carbocycles. The predicted octanol–water partition coefficient (Wildman–Crippen LogP) is 4.68. The average Bonchev–Trinajstić information content (AvgIpc) is 3.47. The van der Waals surface area contributed by atoms with Crippen LogP contribution in [0.1, 0.15) is 30.0 Å². The van der Waals surface area contributed by atoms with Crippen molar-refractivity contribution in [3.8, 4) is 6.07 Å². The van der Waals surface area contributed by atoms with Crippen LogP contribution in [0.3, 0.4) is 0 Å². The van der Waals surface area contributed by atoms with Crippen LogP contribution in [0.5, 0.6) is 0 Å². The minimum absolute atomic E-state index is 0.220. The molecular weight excluding hydrogens is 438 g/mol. The number of fused-ring (bicyclic) bond motifs is 1. The van der Waals surface area contributed by atoms with Gasteiger partial charge >= 0.3 is 6.03 Å². The number of nitriles is 1. The summed E-state index contributed by atoms with van der Waals surface area (Å²) >= 11 is 0. The number of carbonyl (C=O) groups excluding carboxylic acids is 2. The highest BCUT2D eigenvalue weighted by Gasteiger charge is 2.55. The van der Waals surface area contributed by atoms with Gasteiger partial charge in [0.15, 0.2) is 0 Å². The van der Waals surface area contributed by atoms with Gasteiger partial charge in [-0.3, -0.25) is 9.69 Å². The Morgan fingerprint density at radius 1 is 1.00 bits per heavy atom. The smallest absolute Gasteiger partial charge is 0.328 e. The zero-order chi connectivity index (χ0) is 24.4. The summed E-state index contributed by atoms with van der Waals surface area (Å²) in [4.78, 5) is 34.8. The third-order valence-corrected chi connectivity index (χ3v) is 6.73. The Bertz CT molecular complexity index is 1430. The molecule has 0 N–H and O–H groups in total. The molecule has 0 aliphatic carbocycles. The maximum atomic E-state index is 14.0. The normalized spacial score (nSPS) is 17.8. The van der Waals surface area contributed by atoms with E-state index >= 15 is 0 Å². The molecule has 1 unspecified atom stereocenters. The van der Waals surface area contributed by atoms with E-state index in [1.54, 1.807) is 35.6 Å². The van der Waals surface area contributed by atoms with Crippen LogP contribution in [0.2, 0.25) is 0 Å². The maximum Gasteiger partial charge on any atom is 0.328 e. The van der Waals surface area contributed by atoms with E-state index in [2.05, 4.69) is 11.1 Å². The fourth-order valence-corrected chi connectivity index (χ4v) is 4.89. The quantitative estimate of drug-likeness (QED) is 0.373. The van der Waals surface area contributed by atoms with E-state index in [1.807, 2.05) is 66.2 Å². The summed E-state index contributed by atoms with van der Waals surface area (Å²) in [6.07, 6.45) is 5.92. The number of aromatic nitrogens is 2. The molecule has 0 radical (unpaired) electrons. The van der Waals surface area contributed by atoms with E-state index in [9.17, 15) is 14.9 Å². The maximum absolute atomic E-state index is 14.0. The molecule has 35 heavy (non-hydrogen) atoms. The highest BCUT2D eigenvalue weighted by molar-refractivity contribution is 6.09. The van der Waals surface area contributed by atoms with Gasteiger partial charge in [0.1, 0.15) is 5.54 Å². The molecule has 4 aromatic rings. The molecule has 0 bridgehead atoms. The first-order valence-corrected chi connectivity index (χ1v) is 11.6. The summed E-state index contributed by atoms with van der Waals surface area (Å²) in [6.45, 7) is 3.02. The van der Waals surface area contributed by atoms with Crippen LogP contribution < -0.4 is 0 Å². The monoisotopic (exact) mass is 463 g/mol. The molecule has 5 rings (SSSR count).